The van der Waals surface area contributed by atoms with Gasteiger partial charge in [-0.05, 0) is 142 Å². The molecule has 2 heteroatoms. The molecule has 2 nitrogen and oxygen atoms in total. The van der Waals surface area contributed by atoms with Crippen LogP contribution in [0.1, 0.15) is 95.5 Å². The van der Waals surface area contributed by atoms with Crippen LogP contribution in [0.5, 0.6) is 0 Å². The molecule has 1 unspecified atom stereocenters. The van der Waals surface area contributed by atoms with Gasteiger partial charge in [0.05, 0.1) is 16.5 Å². The SMILES string of the molecule is C/C=C\C=C(/C1=CC2(c3ccccc3-c3ccccc32)c2ccccc2C12C1=C(CCC=C1)C(CC)=C2/C=C\C)N(c1ccccc1)c1ccc2c(c1)N/C=C/C=C\C=C/c1ccccc1-2.CC.CC. The second kappa shape index (κ2) is 20.9. The molecule has 0 amide bonds. The van der Waals surface area contributed by atoms with Crippen LogP contribution < -0.4 is 10.2 Å². The van der Waals surface area contributed by atoms with Gasteiger partial charge in [0.15, 0.2) is 0 Å². The molecular formula is C68H66N2. The Morgan fingerprint density at radius 2 is 1.26 bits per heavy atom. The first-order chi connectivity index (χ1) is 34.6. The monoisotopic (exact) mass is 911 g/mol. The van der Waals surface area contributed by atoms with Gasteiger partial charge in [0.2, 0.25) is 0 Å². The summed E-state index contributed by atoms with van der Waals surface area (Å²) < 4.78 is 0. The highest BCUT2D eigenvalue weighted by molar-refractivity contribution is 5.92. The molecule has 11 rings (SSSR count). The number of hydrogen-bond acceptors (Lipinski definition) is 2. The summed E-state index contributed by atoms with van der Waals surface area (Å²) in [6.45, 7) is 14.7. The highest BCUT2D eigenvalue weighted by Gasteiger charge is 2.58. The second-order valence-electron chi connectivity index (χ2n) is 17.6. The molecule has 0 fully saturated rings. The van der Waals surface area contributed by atoms with Gasteiger partial charge in [0.25, 0.3) is 0 Å². The molecule has 0 saturated heterocycles. The van der Waals surface area contributed by atoms with Crippen molar-refractivity contribution in [2.24, 2.45) is 0 Å². The molecule has 1 heterocycles. The van der Waals surface area contributed by atoms with E-state index in [4.69, 9.17) is 0 Å². The normalized spacial score (nSPS) is 19.2. The molecule has 0 aromatic heterocycles. The van der Waals surface area contributed by atoms with Crippen LogP contribution in [0.2, 0.25) is 0 Å². The van der Waals surface area contributed by atoms with E-state index in [2.05, 4.69) is 256 Å². The van der Waals surface area contributed by atoms with Crippen LogP contribution in [0.3, 0.4) is 0 Å². The van der Waals surface area contributed by atoms with Gasteiger partial charge >= 0.3 is 0 Å². The summed E-state index contributed by atoms with van der Waals surface area (Å²) >= 11 is 0. The summed E-state index contributed by atoms with van der Waals surface area (Å²) in [4.78, 5) is 2.52. The molecule has 1 atom stereocenters. The van der Waals surface area contributed by atoms with E-state index in [0.29, 0.717) is 0 Å². The Balaban J connectivity index is 0.00000148. The topological polar surface area (TPSA) is 15.3 Å². The van der Waals surface area contributed by atoms with E-state index in [0.717, 1.165) is 47.6 Å². The molecule has 0 radical (unpaired) electrons. The van der Waals surface area contributed by atoms with Crippen LogP contribution in [0.25, 0.3) is 28.3 Å². The van der Waals surface area contributed by atoms with Crippen molar-refractivity contribution in [2.45, 2.75) is 78.6 Å². The minimum absolute atomic E-state index is 0.574. The number of anilines is 3. The lowest BCUT2D eigenvalue weighted by Crippen LogP contribution is -2.44. The van der Waals surface area contributed by atoms with Crippen molar-refractivity contribution in [1.82, 2.24) is 0 Å². The number of rotatable bonds is 7. The average Bonchev–Trinajstić information content (AvgIpc) is 3.85. The lowest BCUT2D eigenvalue weighted by atomic mass is 9.53. The lowest BCUT2D eigenvalue weighted by Gasteiger charge is -2.49. The van der Waals surface area contributed by atoms with Crippen molar-refractivity contribution in [3.05, 3.63) is 286 Å². The Bertz CT molecular complexity index is 3180. The summed E-state index contributed by atoms with van der Waals surface area (Å²) in [7, 11) is 0. The zero-order valence-corrected chi connectivity index (χ0v) is 42.0. The molecule has 2 spiro atoms. The Hall–Kier alpha value is -7.68. The number of hydrogen-bond donors (Lipinski definition) is 1. The van der Waals surface area contributed by atoms with Gasteiger partial charge in [0, 0.05) is 28.8 Å². The zero-order chi connectivity index (χ0) is 48.7. The molecule has 6 aromatic rings. The predicted molar refractivity (Wildman–Crippen MR) is 302 cm³/mol. The summed E-state index contributed by atoms with van der Waals surface area (Å²) in [5, 5.41) is 3.74. The minimum atomic E-state index is -0.629. The number of para-hydroxylation sites is 1. The summed E-state index contributed by atoms with van der Waals surface area (Å²) in [5.74, 6) is 0. The lowest BCUT2D eigenvalue weighted by molar-refractivity contribution is 0.639. The Morgan fingerprint density at radius 1 is 0.614 bits per heavy atom. The maximum Gasteiger partial charge on any atom is 0.0727 e. The molecule has 0 bridgehead atoms. The molecule has 1 N–H and O–H groups in total. The smallest absolute Gasteiger partial charge is 0.0727 e. The van der Waals surface area contributed by atoms with Crippen molar-refractivity contribution in [3.63, 3.8) is 0 Å². The van der Waals surface area contributed by atoms with E-state index < -0.39 is 10.8 Å². The van der Waals surface area contributed by atoms with Crippen molar-refractivity contribution >= 4 is 23.1 Å². The van der Waals surface area contributed by atoms with Gasteiger partial charge in [-0.2, -0.15) is 0 Å². The van der Waals surface area contributed by atoms with Gasteiger partial charge in [-0.15, -0.1) is 0 Å². The van der Waals surface area contributed by atoms with Gasteiger partial charge in [0.1, 0.15) is 0 Å². The van der Waals surface area contributed by atoms with Crippen LogP contribution in [0.15, 0.2) is 258 Å². The predicted octanol–water partition coefficient (Wildman–Crippen LogP) is 18.6. The Kier molecular flexibility index (Phi) is 14.1. The third-order valence-electron chi connectivity index (χ3n) is 14.3. The van der Waals surface area contributed by atoms with Crippen molar-refractivity contribution in [1.29, 1.82) is 0 Å². The summed E-state index contributed by atoms with van der Waals surface area (Å²) in [5.41, 5.74) is 21.5. The first-order valence-corrected chi connectivity index (χ1v) is 25.6. The molecule has 0 saturated carbocycles. The molecule has 5 aliphatic rings. The Morgan fingerprint density at radius 3 is 1.96 bits per heavy atom. The summed E-state index contributed by atoms with van der Waals surface area (Å²) in [6, 6.07) is 54.3. The zero-order valence-electron chi connectivity index (χ0n) is 42.0. The minimum Gasteiger partial charge on any atom is -0.361 e. The third-order valence-corrected chi connectivity index (χ3v) is 14.3. The number of benzene rings is 6. The third kappa shape index (κ3) is 7.67. The van der Waals surface area contributed by atoms with Crippen LogP contribution in [0.4, 0.5) is 17.1 Å². The van der Waals surface area contributed by atoms with Crippen LogP contribution in [-0.4, -0.2) is 0 Å². The highest BCUT2D eigenvalue weighted by Crippen LogP contribution is 2.67. The molecule has 4 aliphatic carbocycles. The molecule has 1 aliphatic heterocycles. The molecular weight excluding hydrogens is 845 g/mol. The second-order valence-corrected chi connectivity index (χ2v) is 17.6. The van der Waals surface area contributed by atoms with Gasteiger partial charge in [-0.1, -0.05) is 223 Å². The van der Waals surface area contributed by atoms with E-state index in [9.17, 15) is 0 Å². The van der Waals surface area contributed by atoms with Crippen LogP contribution >= 0.6 is 0 Å². The van der Waals surface area contributed by atoms with Crippen molar-refractivity contribution in [3.8, 4) is 22.3 Å². The van der Waals surface area contributed by atoms with E-state index in [1.807, 2.05) is 33.9 Å². The van der Waals surface area contributed by atoms with E-state index in [1.54, 1.807) is 0 Å². The van der Waals surface area contributed by atoms with E-state index >= 15 is 0 Å². The fraction of sp³-hybridized carbons (Fsp3) is 0.176. The first kappa shape index (κ1) is 47.4. The molecule has 6 aromatic carbocycles. The largest absolute Gasteiger partial charge is 0.361 e. The number of fused-ring (bicyclic) bond motifs is 12. The van der Waals surface area contributed by atoms with Gasteiger partial charge in [-0.25, -0.2) is 0 Å². The van der Waals surface area contributed by atoms with Crippen molar-refractivity contribution < 1.29 is 0 Å². The highest BCUT2D eigenvalue weighted by atomic mass is 15.2. The maximum atomic E-state index is 3.74. The summed E-state index contributed by atoms with van der Waals surface area (Å²) in [6.07, 6.45) is 34.7. The van der Waals surface area contributed by atoms with Gasteiger partial charge in [-0.3, -0.25) is 0 Å². The quantitative estimate of drug-likeness (QED) is 0.161. The molecule has 70 heavy (non-hydrogen) atoms. The fourth-order valence-corrected chi connectivity index (χ4v) is 11.8. The Labute approximate surface area is 418 Å². The number of allylic oxidation sites excluding steroid dienone is 17. The average molecular weight is 911 g/mol. The van der Waals surface area contributed by atoms with Crippen LogP contribution in [-0.2, 0) is 10.8 Å². The standard InChI is InChI=1S/C64H54N2.2C2H6/c1-4-7-39-62(66(46-28-12-10-13-29-46)47-40-41-53-49-30-15-14-27-45(49)26-11-8-9-24-42-65-61(53)43-47)60-44-63(54-34-19-16-32-51(54)52-33-17-20-35-55(52)63)58-37-22-23-38-59(58)64(60)56(25-5-2)48(6-3)50-31-18-21-36-57(50)64;2*1-2/h4-5,7-17,19-30,32-44,65H,6,18,31H2,1-3H3;2*1-2H3/b7-4-,9-8-,25-5-,26-11-,42-24+,62-39+;;. The number of nitrogens with zero attached hydrogens (tertiary/aromatic N) is 1. The van der Waals surface area contributed by atoms with E-state index in [-0.39, 0.29) is 0 Å². The van der Waals surface area contributed by atoms with Gasteiger partial charge < -0.3 is 10.2 Å². The maximum absolute atomic E-state index is 3.74. The first-order valence-electron chi connectivity index (χ1n) is 25.6. The van der Waals surface area contributed by atoms with Crippen molar-refractivity contribution in [2.75, 3.05) is 10.2 Å². The van der Waals surface area contributed by atoms with Crippen LogP contribution in [0, 0.1) is 0 Å². The number of nitrogens with one attached hydrogen (secondary N) is 1. The fourth-order valence-electron chi connectivity index (χ4n) is 11.8. The molecule has 348 valence electrons. The van der Waals surface area contributed by atoms with E-state index in [1.165, 1.54) is 72.4 Å².